The van der Waals surface area contributed by atoms with Crippen LogP contribution in [0.3, 0.4) is 0 Å². The summed E-state index contributed by atoms with van der Waals surface area (Å²) in [5, 5.41) is 0. The minimum atomic E-state index is -0.417. The average molecular weight is 266 g/mol. The summed E-state index contributed by atoms with van der Waals surface area (Å²) >= 11 is 0. The van der Waals surface area contributed by atoms with Gasteiger partial charge >= 0.3 is 5.91 Å². The van der Waals surface area contributed by atoms with Gasteiger partial charge in [0.15, 0.2) is 5.76 Å². The first-order valence-electron chi connectivity index (χ1n) is 6.95. The third-order valence-electron chi connectivity index (χ3n) is 3.90. The van der Waals surface area contributed by atoms with Crippen LogP contribution in [0.1, 0.15) is 55.1 Å². The van der Waals surface area contributed by atoms with E-state index in [1.807, 2.05) is 0 Å². The standard InChI is InChI=1S/C14H22N2O3/c1-2-10-5-3-4-6-12(10)19-9-11-7-8-18-13(11)14(17)16-15/h7-8,10,12H,2-6,9,15H2,1H3,(H,16,17). The summed E-state index contributed by atoms with van der Waals surface area (Å²) in [6, 6.07) is 1.76. The van der Waals surface area contributed by atoms with Crippen LogP contribution in [0.2, 0.25) is 0 Å². The zero-order chi connectivity index (χ0) is 13.7. The van der Waals surface area contributed by atoms with E-state index in [1.54, 1.807) is 6.07 Å². The van der Waals surface area contributed by atoms with Gasteiger partial charge in [0.1, 0.15) is 0 Å². The van der Waals surface area contributed by atoms with Crippen molar-refractivity contribution in [3.63, 3.8) is 0 Å². The fourth-order valence-corrected chi connectivity index (χ4v) is 2.77. The van der Waals surface area contributed by atoms with Gasteiger partial charge in [-0.3, -0.25) is 10.2 Å². The van der Waals surface area contributed by atoms with Crippen molar-refractivity contribution in [1.29, 1.82) is 0 Å². The summed E-state index contributed by atoms with van der Waals surface area (Å²) < 4.78 is 11.1. The van der Waals surface area contributed by atoms with Crippen LogP contribution < -0.4 is 11.3 Å². The Morgan fingerprint density at radius 3 is 3.05 bits per heavy atom. The van der Waals surface area contributed by atoms with Crippen molar-refractivity contribution < 1.29 is 13.9 Å². The number of hydrogen-bond acceptors (Lipinski definition) is 4. The molecule has 2 atom stereocenters. The van der Waals surface area contributed by atoms with Crippen molar-refractivity contribution >= 4 is 5.91 Å². The van der Waals surface area contributed by atoms with Crippen molar-refractivity contribution in [2.75, 3.05) is 0 Å². The van der Waals surface area contributed by atoms with Gasteiger partial charge in [-0.05, 0) is 24.8 Å². The number of nitrogen functional groups attached to an aromatic ring is 1. The van der Waals surface area contributed by atoms with Crippen LogP contribution >= 0.6 is 0 Å². The zero-order valence-electron chi connectivity index (χ0n) is 11.4. The maximum Gasteiger partial charge on any atom is 0.301 e. The minimum Gasteiger partial charge on any atom is -0.459 e. The number of rotatable bonds is 5. The fourth-order valence-electron chi connectivity index (χ4n) is 2.77. The molecule has 1 saturated carbocycles. The van der Waals surface area contributed by atoms with Crippen LogP contribution in [-0.2, 0) is 11.3 Å². The van der Waals surface area contributed by atoms with Crippen molar-refractivity contribution in [3.8, 4) is 0 Å². The van der Waals surface area contributed by atoms with E-state index in [2.05, 4.69) is 12.3 Å². The highest BCUT2D eigenvalue weighted by Gasteiger charge is 2.25. The molecule has 1 aliphatic rings. The maximum absolute atomic E-state index is 11.5. The summed E-state index contributed by atoms with van der Waals surface area (Å²) in [7, 11) is 0. The van der Waals surface area contributed by atoms with Gasteiger partial charge in [0, 0.05) is 5.56 Å². The molecule has 0 aliphatic heterocycles. The van der Waals surface area contributed by atoms with Crippen molar-refractivity contribution in [2.24, 2.45) is 11.8 Å². The Bertz CT molecular complexity index is 417. The molecule has 0 saturated heterocycles. The molecule has 2 unspecified atom stereocenters. The molecule has 0 radical (unpaired) electrons. The summed E-state index contributed by atoms with van der Waals surface area (Å²) in [5.74, 6) is 5.57. The van der Waals surface area contributed by atoms with Crippen molar-refractivity contribution in [1.82, 2.24) is 5.43 Å². The Labute approximate surface area is 113 Å². The largest absolute Gasteiger partial charge is 0.459 e. The lowest BCUT2D eigenvalue weighted by Gasteiger charge is -2.30. The molecule has 2 rings (SSSR count). The van der Waals surface area contributed by atoms with Crippen molar-refractivity contribution in [2.45, 2.75) is 51.7 Å². The van der Waals surface area contributed by atoms with E-state index in [0.29, 0.717) is 18.6 Å². The molecule has 1 aromatic heterocycles. The number of amides is 1. The zero-order valence-corrected chi connectivity index (χ0v) is 11.4. The summed E-state index contributed by atoms with van der Waals surface area (Å²) in [4.78, 5) is 11.5. The SMILES string of the molecule is CCC1CCCCC1OCc1ccoc1C(=O)NN. The van der Waals surface area contributed by atoms with Crippen LogP contribution in [-0.4, -0.2) is 12.0 Å². The summed E-state index contributed by atoms with van der Waals surface area (Å²) in [6.45, 7) is 2.61. The second-order valence-corrected chi connectivity index (χ2v) is 5.05. The van der Waals surface area contributed by atoms with Gasteiger partial charge in [-0.1, -0.05) is 26.2 Å². The Morgan fingerprint density at radius 2 is 2.32 bits per heavy atom. The lowest BCUT2D eigenvalue weighted by molar-refractivity contribution is -0.0226. The van der Waals surface area contributed by atoms with Crippen LogP contribution in [0.4, 0.5) is 0 Å². The molecule has 106 valence electrons. The van der Waals surface area contributed by atoms with E-state index in [-0.39, 0.29) is 5.76 Å². The van der Waals surface area contributed by atoms with Crippen LogP contribution in [0, 0.1) is 5.92 Å². The molecule has 5 heteroatoms. The minimum absolute atomic E-state index is 0.242. The summed E-state index contributed by atoms with van der Waals surface area (Å²) in [6.07, 6.45) is 7.79. The highest BCUT2D eigenvalue weighted by atomic mass is 16.5. The first-order chi connectivity index (χ1) is 9.26. The van der Waals surface area contributed by atoms with Crippen molar-refractivity contribution in [3.05, 3.63) is 23.7 Å². The molecule has 1 aliphatic carbocycles. The van der Waals surface area contributed by atoms with Gasteiger partial charge in [-0.25, -0.2) is 5.84 Å². The van der Waals surface area contributed by atoms with Gasteiger partial charge < -0.3 is 9.15 Å². The predicted molar refractivity (Wildman–Crippen MR) is 71.2 cm³/mol. The normalized spacial score (nSPS) is 23.3. The third-order valence-corrected chi connectivity index (χ3v) is 3.90. The Hall–Kier alpha value is -1.33. The highest BCUT2D eigenvalue weighted by molar-refractivity contribution is 5.92. The number of carbonyl (C=O) groups is 1. The van der Waals surface area contributed by atoms with Crippen LogP contribution in [0.15, 0.2) is 16.7 Å². The third kappa shape index (κ3) is 3.36. The molecular weight excluding hydrogens is 244 g/mol. The van der Waals surface area contributed by atoms with E-state index in [9.17, 15) is 4.79 Å². The predicted octanol–water partition coefficient (Wildman–Crippen LogP) is 2.37. The lowest BCUT2D eigenvalue weighted by atomic mass is 9.85. The highest BCUT2D eigenvalue weighted by Crippen LogP contribution is 2.30. The number of hydrazine groups is 1. The Morgan fingerprint density at radius 1 is 1.53 bits per heavy atom. The first-order valence-corrected chi connectivity index (χ1v) is 6.95. The number of furan rings is 1. The molecule has 1 fully saturated rings. The second-order valence-electron chi connectivity index (χ2n) is 5.05. The van der Waals surface area contributed by atoms with Gasteiger partial charge in [-0.15, -0.1) is 0 Å². The van der Waals surface area contributed by atoms with Gasteiger partial charge in [0.25, 0.3) is 0 Å². The molecule has 0 spiro atoms. The van der Waals surface area contributed by atoms with Gasteiger partial charge in [0.05, 0.1) is 19.0 Å². The molecule has 19 heavy (non-hydrogen) atoms. The molecule has 1 amide bonds. The summed E-state index contributed by atoms with van der Waals surface area (Å²) in [5.41, 5.74) is 2.83. The first kappa shape index (κ1) is 14.1. The van der Waals surface area contributed by atoms with E-state index in [4.69, 9.17) is 15.0 Å². The number of nitrogens with two attached hydrogens (primary N) is 1. The maximum atomic E-state index is 11.5. The quantitative estimate of drug-likeness (QED) is 0.487. The number of hydrogen-bond donors (Lipinski definition) is 2. The number of carbonyl (C=O) groups excluding carboxylic acids is 1. The van der Waals surface area contributed by atoms with E-state index in [0.717, 1.165) is 18.4 Å². The second kappa shape index (κ2) is 6.73. The van der Waals surface area contributed by atoms with E-state index >= 15 is 0 Å². The monoisotopic (exact) mass is 266 g/mol. The smallest absolute Gasteiger partial charge is 0.301 e. The molecule has 5 nitrogen and oxygen atoms in total. The Kier molecular flexibility index (Phi) is 4.99. The molecular formula is C14H22N2O3. The van der Waals surface area contributed by atoms with Gasteiger partial charge in [0.2, 0.25) is 0 Å². The molecule has 3 N–H and O–H groups in total. The molecule has 0 bridgehead atoms. The molecule has 1 aromatic rings. The van der Waals surface area contributed by atoms with E-state index < -0.39 is 5.91 Å². The average Bonchev–Trinajstić information content (AvgIpc) is 2.93. The lowest BCUT2D eigenvalue weighted by Crippen LogP contribution is -2.31. The number of ether oxygens (including phenoxy) is 1. The van der Waals surface area contributed by atoms with Gasteiger partial charge in [-0.2, -0.15) is 0 Å². The number of nitrogens with one attached hydrogen (secondary N) is 1. The van der Waals surface area contributed by atoms with E-state index in [1.165, 1.54) is 25.5 Å². The molecule has 1 heterocycles. The van der Waals surface area contributed by atoms with Crippen LogP contribution in [0.25, 0.3) is 0 Å². The fraction of sp³-hybridized carbons (Fsp3) is 0.643. The van der Waals surface area contributed by atoms with Crippen LogP contribution in [0.5, 0.6) is 0 Å². The topological polar surface area (TPSA) is 77.5 Å². The Balaban J connectivity index is 1.94. The molecule has 0 aromatic carbocycles.